The molecule has 1 aromatic carbocycles. The van der Waals surface area contributed by atoms with Gasteiger partial charge in [-0.2, -0.15) is 5.26 Å². The Balaban J connectivity index is 1.80. The Morgan fingerprint density at radius 1 is 1.15 bits per heavy atom. The molecule has 1 heteroatoms. The average molecular weight is 265 g/mol. The van der Waals surface area contributed by atoms with Crippen molar-refractivity contribution >= 4 is 0 Å². The summed E-state index contributed by atoms with van der Waals surface area (Å²) in [5, 5.41) is 8.83. The van der Waals surface area contributed by atoms with Crippen LogP contribution in [0.25, 0.3) is 0 Å². The fourth-order valence-corrected chi connectivity index (χ4v) is 3.14. The Labute approximate surface area is 122 Å². The molecule has 0 heterocycles. The van der Waals surface area contributed by atoms with Crippen LogP contribution < -0.4 is 0 Å². The normalized spacial score (nSPS) is 22.6. The average Bonchev–Trinajstić information content (AvgIpc) is 2.52. The summed E-state index contributed by atoms with van der Waals surface area (Å²) in [6, 6.07) is 10.3. The zero-order valence-corrected chi connectivity index (χ0v) is 12.1. The molecule has 0 unspecified atom stereocenters. The Bertz CT molecular complexity index is 481. The van der Waals surface area contributed by atoms with Crippen LogP contribution in [0.5, 0.6) is 0 Å². The Kier molecular flexibility index (Phi) is 5.62. The Hall–Kier alpha value is -1.81. The standard InChI is InChI=1S/C19H23N/c1-2-3-4-5-6-16-7-11-18(12-8-16)19-13-9-17(15-20)10-14-19/h2-4,9-10,13-14,16,18H,1,5-8,11-12H2/b4-3+. The van der Waals surface area contributed by atoms with Gasteiger partial charge in [0, 0.05) is 0 Å². The van der Waals surface area contributed by atoms with E-state index >= 15 is 0 Å². The van der Waals surface area contributed by atoms with E-state index in [1.165, 1.54) is 44.1 Å². The van der Waals surface area contributed by atoms with E-state index in [0.717, 1.165) is 11.5 Å². The van der Waals surface area contributed by atoms with Crippen LogP contribution in [-0.2, 0) is 0 Å². The topological polar surface area (TPSA) is 23.8 Å². The van der Waals surface area contributed by atoms with E-state index in [1.54, 1.807) is 0 Å². The molecule has 2 rings (SSSR count). The van der Waals surface area contributed by atoms with Crippen molar-refractivity contribution < 1.29 is 0 Å². The van der Waals surface area contributed by atoms with Gasteiger partial charge in [0.25, 0.3) is 0 Å². The number of rotatable bonds is 5. The van der Waals surface area contributed by atoms with Gasteiger partial charge in [-0.15, -0.1) is 0 Å². The van der Waals surface area contributed by atoms with Gasteiger partial charge in [-0.25, -0.2) is 0 Å². The Morgan fingerprint density at radius 2 is 1.85 bits per heavy atom. The van der Waals surface area contributed by atoms with E-state index in [4.69, 9.17) is 5.26 Å². The van der Waals surface area contributed by atoms with E-state index in [0.29, 0.717) is 5.92 Å². The van der Waals surface area contributed by atoms with Gasteiger partial charge in [-0.1, -0.05) is 36.9 Å². The summed E-state index contributed by atoms with van der Waals surface area (Å²) in [6.07, 6.45) is 13.9. The minimum absolute atomic E-state index is 0.697. The maximum Gasteiger partial charge on any atom is 0.0991 e. The Morgan fingerprint density at radius 3 is 2.45 bits per heavy atom. The first kappa shape index (κ1) is 14.6. The van der Waals surface area contributed by atoms with Crippen LogP contribution >= 0.6 is 0 Å². The van der Waals surface area contributed by atoms with Gasteiger partial charge in [0.1, 0.15) is 0 Å². The fourth-order valence-electron chi connectivity index (χ4n) is 3.14. The van der Waals surface area contributed by atoms with Crippen LogP contribution in [0.4, 0.5) is 0 Å². The van der Waals surface area contributed by atoms with Crippen molar-refractivity contribution in [1.82, 2.24) is 0 Å². The summed E-state index contributed by atoms with van der Waals surface area (Å²) in [5.74, 6) is 1.59. The van der Waals surface area contributed by atoms with Gasteiger partial charge in [-0.3, -0.25) is 0 Å². The molecule has 1 aromatic rings. The van der Waals surface area contributed by atoms with Crippen molar-refractivity contribution in [2.75, 3.05) is 0 Å². The van der Waals surface area contributed by atoms with Crippen LogP contribution in [-0.4, -0.2) is 0 Å². The molecule has 0 bridgehead atoms. The monoisotopic (exact) mass is 265 g/mol. The second kappa shape index (κ2) is 7.70. The summed E-state index contributed by atoms with van der Waals surface area (Å²) >= 11 is 0. The molecule has 1 fully saturated rings. The number of benzene rings is 1. The second-order valence-corrected chi connectivity index (χ2v) is 5.69. The first-order chi connectivity index (χ1) is 9.83. The fraction of sp³-hybridized carbons (Fsp3) is 0.421. The molecule has 1 aliphatic carbocycles. The van der Waals surface area contributed by atoms with Crippen molar-refractivity contribution in [2.45, 2.75) is 44.4 Å². The number of allylic oxidation sites excluding steroid dienone is 3. The van der Waals surface area contributed by atoms with E-state index in [9.17, 15) is 0 Å². The minimum Gasteiger partial charge on any atom is -0.192 e. The molecular weight excluding hydrogens is 242 g/mol. The van der Waals surface area contributed by atoms with Crippen molar-refractivity contribution in [2.24, 2.45) is 5.92 Å². The zero-order valence-electron chi connectivity index (χ0n) is 12.1. The van der Waals surface area contributed by atoms with Gasteiger partial charge < -0.3 is 0 Å². The van der Waals surface area contributed by atoms with Crippen LogP contribution in [0.15, 0.2) is 49.1 Å². The highest BCUT2D eigenvalue weighted by Crippen LogP contribution is 2.37. The summed E-state index contributed by atoms with van der Waals surface area (Å²) in [5.41, 5.74) is 2.17. The first-order valence-corrected chi connectivity index (χ1v) is 7.61. The van der Waals surface area contributed by atoms with Gasteiger partial charge in [-0.05, 0) is 68.1 Å². The number of hydrogen-bond donors (Lipinski definition) is 0. The van der Waals surface area contributed by atoms with Crippen molar-refractivity contribution in [3.05, 3.63) is 60.2 Å². The van der Waals surface area contributed by atoms with Gasteiger partial charge in [0.2, 0.25) is 0 Å². The SMILES string of the molecule is C=C/C=C/CCC1CCC(c2ccc(C#N)cc2)CC1. The molecule has 104 valence electrons. The lowest BCUT2D eigenvalue weighted by atomic mass is 9.77. The van der Waals surface area contributed by atoms with Crippen molar-refractivity contribution in [3.63, 3.8) is 0 Å². The van der Waals surface area contributed by atoms with Gasteiger partial charge in [0.15, 0.2) is 0 Å². The van der Waals surface area contributed by atoms with Crippen LogP contribution in [0.1, 0.15) is 55.6 Å². The van der Waals surface area contributed by atoms with Crippen LogP contribution in [0.3, 0.4) is 0 Å². The maximum atomic E-state index is 8.83. The summed E-state index contributed by atoms with van der Waals surface area (Å²) in [7, 11) is 0. The lowest BCUT2D eigenvalue weighted by molar-refractivity contribution is 0.312. The lowest BCUT2D eigenvalue weighted by Crippen LogP contribution is -2.13. The zero-order chi connectivity index (χ0) is 14.2. The highest BCUT2D eigenvalue weighted by atomic mass is 14.3. The summed E-state index contributed by atoms with van der Waals surface area (Å²) in [6.45, 7) is 3.69. The second-order valence-electron chi connectivity index (χ2n) is 5.69. The van der Waals surface area contributed by atoms with E-state index in [2.05, 4.69) is 30.9 Å². The van der Waals surface area contributed by atoms with Crippen molar-refractivity contribution in [1.29, 1.82) is 5.26 Å². The number of nitriles is 1. The smallest absolute Gasteiger partial charge is 0.0991 e. The highest BCUT2D eigenvalue weighted by molar-refractivity contribution is 5.33. The number of nitrogens with zero attached hydrogens (tertiary/aromatic N) is 1. The third-order valence-electron chi connectivity index (χ3n) is 4.37. The molecule has 0 N–H and O–H groups in total. The summed E-state index contributed by atoms with van der Waals surface area (Å²) < 4.78 is 0. The lowest BCUT2D eigenvalue weighted by Gasteiger charge is -2.28. The number of hydrogen-bond acceptors (Lipinski definition) is 1. The minimum atomic E-state index is 0.697. The molecule has 20 heavy (non-hydrogen) atoms. The highest BCUT2D eigenvalue weighted by Gasteiger charge is 2.21. The third-order valence-corrected chi connectivity index (χ3v) is 4.37. The molecule has 1 saturated carbocycles. The molecule has 0 aromatic heterocycles. The maximum absolute atomic E-state index is 8.83. The van der Waals surface area contributed by atoms with E-state index < -0.39 is 0 Å². The quantitative estimate of drug-likeness (QED) is 0.658. The molecule has 1 nitrogen and oxygen atoms in total. The third kappa shape index (κ3) is 4.10. The first-order valence-electron chi connectivity index (χ1n) is 7.61. The molecule has 0 atom stereocenters. The molecule has 0 aliphatic heterocycles. The largest absolute Gasteiger partial charge is 0.192 e. The molecule has 0 saturated heterocycles. The van der Waals surface area contributed by atoms with Crippen LogP contribution in [0.2, 0.25) is 0 Å². The molecule has 0 radical (unpaired) electrons. The molecular formula is C19H23N. The molecule has 1 aliphatic rings. The molecule has 0 spiro atoms. The predicted molar refractivity (Wildman–Crippen MR) is 84.4 cm³/mol. The molecule has 0 amide bonds. The summed E-state index contributed by atoms with van der Waals surface area (Å²) in [4.78, 5) is 0. The van der Waals surface area contributed by atoms with E-state index in [1.807, 2.05) is 24.3 Å². The van der Waals surface area contributed by atoms with Crippen molar-refractivity contribution in [3.8, 4) is 6.07 Å². The van der Waals surface area contributed by atoms with E-state index in [-0.39, 0.29) is 0 Å². The van der Waals surface area contributed by atoms with Crippen LogP contribution in [0, 0.1) is 17.2 Å². The van der Waals surface area contributed by atoms with Gasteiger partial charge >= 0.3 is 0 Å². The van der Waals surface area contributed by atoms with Gasteiger partial charge in [0.05, 0.1) is 11.6 Å². The predicted octanol–water partition coefficient (Wildman–Crippen LogP) is 5.35.